The van der Waals surface area contributed by atoms with Crippen LogP contribution in [0.1, 0.15) is 0 Å². The van der Waals surface area contributed by atoms with Crippen molar-refractivity contribution in [2.45, 2.75) is 0 Å². The molecule has 0 saturated carbocycles. The number of H-pyrrole nitrogens is 1. The Bertz CT molecular complexity index is 451. The highest BCUT2D eigenvalue weighted by Gasteiger charge is 2.05. The highest BCUT2D eigenvalue weighted by atomic mass is 15.3. The van der Waals surface area contributed by atoms with Gasteiger partial charge in [-0.1, -0.05) is 12.1 Å². The van der Waals surface area contributed by atoms with Crippen molar-refractivity contribution in [1.29, 1.82) is 0 Å². The van der Waals surface area contributed by atoms with Gasteiger partial charge in [-0.25, -0.2) is 14.5 Å². The van der Waals surface area contributed by atoms with Crippen LogP contribution in [0.15, 0.2) is 30.7 Å². The molecule has 0 unspecified atom stereocenters. The molecule has 1 aromatic rings. The minimum atomic E-state index is 0.703. The topological polar surface area (TPSA) is 46.0 Å². The Morgan fingerprint density at radius 1 is 1.33 bits per heavy atom. The Labute approximate surface area is 68.2 Å². The van der Waals surface area contributed by atoms with Gasteiger partial charge in [-0.15, -0.1) is 0 Å². The molecule has 0 radical (unpaired) electrons. The molecular weight excluding hydrogens is 152 g/mol. The van der Waals surface area contributed by atoms with E-state index in [1.165, 1.54) is 0 Å². The Morgan fingerprint density at radius 3 is 3.33 bits per heavy atom. The normalized spacial score (nSPS) is 11.3. The molecule has 2 heterocycles. The molecule has 58 valence electrons. The molecule has 0 amide bonds. The summed E-state index contributed by atoms with van der Waals surface area (Å²) in [5.74, 6) is 0.703. The standard InChI is InChI=1S/C8H6N4/c1-2-6-4-12-8(9-5-10-12)11-7(6)3-1/h1-5H,(H,9,10,11). The lowest BCUT2D eigenvalue weighted by Crippen LogP contribution is -1.92. The van der Waals surface area contributed by atoms with E-state index in [1.54, 1.807) is 10.8 Å². The van der Waals surface area contributed by atoms with Crippen LogP contribution in [0.25, 0.3) is 17.0 Å². The van der Waals surface area contributed by atoms with Crippen LogP contribution in [0.5, 0.6) is 0 Å². The van der Waals surface area contributed by atoms with Gasteiger partial charge in [-0.2, -0.15) is 0 Å². The maximum Gasteiger partial charge on any atom is 0.250 e. The molecule has 12 heavy (non-hydrogen) atoms. The van der Waals surface area contributed by atoms with Gasteiger partial charge < -0.3 is 0 Å². The average Bonchev–Trinajstić information content (AvgIpc) is 2.64. The number of aromatic amines is 1. The van der Waals surface area contributed by atoms with Crippen molar-refractivity contribution < 1.29 is 0 Å². The van der Waals surface area contributed by atoms with Crippen molar-refractivity contribution >= 4 is 5.78 Å². The molecule has 4 heteroatoms. The predicted molar refractivity (Wildman–Crippen MR) is 44.0 cm³/mol. The van der Waals surface area contributed by atoms with Gasteiger partial charge in [0.05, 0.1) is 5.69 Å². The number of rotatable bonds is 0. The summed E-state index contributed by atoms with van der Waals surface area (Å²) in [5.41, 5.74) is 2.11. The van der Waals surface area contributed by atoms with E-state index in [0.29, 0.717) is 5.78 Å². The summed E-state index contributed by atoms with van der Waals surface area (Å²) in [6.45, 7) is 0. The highest BCUT2D eigenvalue weighted by molar-refractivity contribution is 5.63. The van der Waals surface area contributed by atoms with Crippen LogP contribution in [-0.4, -0.2) is 19.6 Å². The Morgan fingerprint density at radius 2 is 2.33 bits per heavy atom. The van der Waals surface area contributed by atoms with Crippen molar-refractivity contribution in [3.05, 3.63) is 30.7 Å². The van der Waals surface area contributed by atoms with Gasteiger partial charge in [0.15, 0.2) is 0 Å². The van der Waals surface area contributed by atoms with Crippen molar-refractivity contribution in [3.8, 4) is 11.3 Å². The third-order valence-electron chi connectivity index (χ3n) is 1.91. The molecule has 2 aliphatic rings. The van der Waals surface area contributed by atoms with E-state index in [0.717, 1.165) is 11.3 Å². The molecule has 0 saturated heterocycles. The molecule has 0 atom stereocenters. The van der Waals surface area contributed by atoms with Crippen LogP contribution in [0.2, 0.25) is 0 Å². The molecule has 1 aliphatic heterocycles. The van der Waals surface area contributed by atoms with Crippen molar-refractivity contribution in [2.24, 2.45) is 0 Å². The third kappa shape index (κ3) is 0.611. The fourth-order valence-corrected chi connectivity index (χ4v) is 1.33. The van der Waals surface area contributed by atoms with Crippen LogP contribution in [-0.2, 0) is 0 Å². The molecule has 1 aromatic heterocycles. The summed E-state index contributed by atoms with van der Waals surface area (Å²) in [4.78, 5) is 8.36. The van der Waals surface area contributed by atoms with Gasteiger partial charge in [-0.3, -0.25) is 5.10 Å². The summed E-state index contributed by atoms with van der Waals surface area (Å²) in [7, 11) is 0. The summed E-state index contributed by atoms with van der Waals surface area (Å²) in [5, 5.41) is 2.94. The summed E-state index contributed by atoms with van der Waals surface area (Å²) >= 11 is 0. The average molecular weight is 158 g/mol. The number of nitrogens with one attached hydrogen (secondary N) is 1. The van der Waals surface area contributed by atoms with Crippen molar-refractivity contribution in [1.82, 2.24) is 19.6 Å². The second kappa shape index (κ2) is 1.85. The zero-order valence-electron chi connectivity index (χ0n) is 6.23. The maximum absolute atomic E-state index is 4.32. The van der Waals surface area contributed by atoms with Gasteiger partial charge >= 0.3 is 0 Å². The summed E-state index contributed by atoms with van der Waals surface area (Å²) < 4.78 is 1.79. The van der Waals surface area contributed by atoms with E-state index in [-0.39, 0.29) is 0 Å². The van der Waals surface area contributed by atoms with Crippen LogP contribution in [0.4, 0.5) is 0 Å². The molecule has 0 fully saturated rings. The minimum Gasteiger partial charge on any atom is -0.281 e. The van der Waals surface area contributed by atoms with E-state index >= 15 is 0 Å². The fraction of sp³-hybridized carbons (Fsp3) is 0. The number of hydrogen-bond acceptors (Lipinski definition) is 2. The van der Waals surface area contributed by atoms with Gasteiger partial charge in [0.25, 0.3) is 5.78 Å². The fourth-order valence-electron chi connectivity index (χ4n) is 1.33. The number of nitrogens with zero attached hydrogens (tertiary/aromatic N) is 3. The first-order valence-corrected chi connectivity index (χ1v) is 3.71. The molecule has 0 spiro atoms. The van der Waals surface area contributed by atoms with Crippen molar-refractivity contribution in [2.75, 3.05) is 0 Å². The largest absolute Gasteiger partial charge is 0.281 e. The molecule has 3 rings (SSSR count). The zero-order chi connectivity index (χ0) is 7.97. The smallest absolute Gasteiger partial charge is 0.250 e. The molecule has 4 nitrogen and oxygen atoms in total. The lowest BCUT2D eigenvalue weighted by Gasteiger charge is -1.97. The number of hydrogen-bond donors (Lipinski definition) is 1. The first-order chi connectivity index (χ1) is 5.93. The van der Waals surface area contributed by atoms with E-state index in [1.807, 2.05) is 24.4 Å². The Hall–Kier alpha value is -1.84. The first-order valence-electron chi connectivity index (χ1n) is 3.71. The minimum absolute atomic E-state index is 0.703. The van der Waals surface area contributed by atoms with E-state index in [9.17, 15) is 0 Å². The van der Waals surface area contributed by atoms with Crippen LogP contribution in [0, 0.1) is 0 Å². The molecule has 0 aromatic carbocycles. The zero-order valence-corrected chi connectivity index (χ0v) is 6.23. The first kappa shape index (κ1) is 5.77. The van der Waals surface area contributed by atoms with E-state index in [2.05, 4.69) is 15.1 Å². The van der Waals surface area contributed by atoms with Crippen LogP contribution < -0.4 is 0 Å². The second-order valence-corrected chi connectivity index (χ2v) is 2.66. The molecule has 0 bridgehead atoms. The van der Waals surface area contributed by atoms with Crippen molar-refractivity contribution in [3.63, 3.8) is 0 Å². The van der Waals surface area contributed by atoms with Crippen LogP contribution >= 0.6 is 0 Å². The summed E-state index contributed by atoms with van der Waals surface area (Å²) in [6.07, 6.45) is 3.60. The number of aromatic nitrogens is 4. The third-order valence-corrected chi connectivity index (χ3v) is 1.91. The molecular formula is C8H6N4. The number of fused-ring (bicyclic) bond motifs is 2. The quantitative estimate of drug-likeness (QED) is 0.533. The van der Waals surface area contributed by atoms with E-state index < -0.39 is 0 Å². The van der Waals surface area contributed by atoms with Gasteiger partial charge in [-0.05, 0) is 6.07 Å². The SMILES string of the molecule is c1cc2cn3[nH]cnc3nc-2c1. The lowest BCUT2D eigenvalue weighted by atomic mass is 10.3. The second-order valence-electron chi connectivity index (χ2n) is 2.66. The highest BCUT2D eigenvalue weighted by Crippen LogP contribution is 2.19. The maximum atomic E-state index is 4.32. The van der Waals surface area contributed by atoms with Gasteiger partial charge in [0, 0.05) is 11.8 Å². The van der Waals surface area contributed by atoms with Gasteiger partial charge in [0.1, 0.15) is 6.33 Å². The molecule has 1 N–H and O–H groups in total. The van der Waals surface area contributed by atoms with Gasteiger partial charge in [0.2, 0.25) is 0 Å². The van der Waals surface area contributed by atoms with E-state index in [4.69, 9.17) is 0 Å². The Kier molecular flexibility index (Phi) is 0.889. The molecule has 1 aliphatic carbocycles. The predicted octanol–water partition coefficient (Wildman–Crippen LogP) is 1.16. The summed E-state index contributed by atoms with van der Waals surface area (Å²) in [6, 6.07) is 5.98. The lowest BCUT2D eigenvalue weighted by molar-refractivity contribution is 0.942. The Balaban J connectivity index is 2.56. The monoisotopic (exact) mass is 158 g/mol. The van der Waals surface area contributed by atoms with Crippen LogP contribution in [0.3, 0.4) is 0 Å².